The summed E-state index contributed by atoms with van der Waals surface area (Å²) >= 11 is 1.92. The predicted molar refractivity (Wildman–Crippen MR) is 106 cm³/mol. The predicted octanol–water partition coefficient (Wildman–Crippen LogP) is 1.89. The number of nitrogens with one attached hydrogen (secondary N) is 2. The monoisotopic (exact) mass is 384 g/mol. The Morgan fingerprint density at radius 2 is 2.04 bits per heavy atom. The van der Waals surface area contributed by atoms with Crippen LogP contribution in [0.25, 0.3) is 0 Å². The van der Waals surface area contributed by atoms with Crippen molar-refractivity contribution in [3.05, 3.63) is 29.8 Å². The highest BCUT2D eigenvalue weighted by Gasteiger charge is 2.25. The van der Waals surface area contributed by atoms with Crippen molar-refractivity contribution in [3.63, 3.8) is 0 Å². The van der Waals surface area contributed by atoms with Gasteiger partial charge in [0.1, 0.15) is 0 Å². The van der Waals surface area contributed by atoms with Gasteiger partial charge in [0.05, 0.1) is 4.90 Å². The fourth-order valence-electron chi connectivity index (χ4n) is 2.95. The molecule has 0 radical (unpaired) electrons. The first kappa shape index (κ1) is 20.1. The SMILES string of the molecule is CN=C(NCc1ccccc1S(=O)(=O)N(C)C)NC1CCC(SC)C1. The molecule has 1 fully saturated rings. The van der Waals surface area contributed by atoms with Gasteiger partial charge in [0.2, 0.25) is 10.0 Å². The summed E-state index contributed by atoms with van der Waals surface area (Å²) in [6, 6.07) is 7.48. The molecule has 25 heavy (non-hydrogen) atoms. The van der Waals surface area contributed by atoms with Crippen LogP contribution < -0.4 is 10.6 Å². The maximum Gasteiger partial charge on any atom is 0.242 e. The average molecular weight is 385 g/mol. The summed E-state index contributed by atoms with van der Waals surface area (Å²) in [7, 11) is 1.36. The summed E-state index contributed by atoms with van der Waals surface area (Å²) in [4.78, 5) is 4.60. The number of hydrogen-bond donors (Lipinski definition) is 2. The minimum absolute atomic E-state index is 0.325. The molecule has 0 aliphatic heterocycles. The number of rotatable bonds is 6. The van der Waals surface area contributed by atoms with Crippen LogP contribution in [0.2, 0.25) is 0 Å². The quantitative estimate of drug-likeness (QED) is 0.579. The molecular weight excluding hydrogens is 356 g/mol. The third kappa shape index (κ3) is 5.12. The number of nitrogens with zero attached hydrogens (tertiary/aromatic N) is 2. The Morgan fingerprint density at radius 1 is 1.32 bits per heavy atom. The Morgan fingerprint density at radius 3 is 2.64 bits per heavy atom. The molecule has 140 valence electrons. The standard InChI is InChI=1S/C17H28N4O2S2/c1-18-17(20-14-9-10-15(11-14)24-4)19-12-13-7-5-6-8-16(13)25(22,23)21(2)3/h5-8,14-15H,9-12H2,1-4H3,(H2,18,19,20). The summed E-state index contributed by atoms with van der Waals surface area (Å²) < 4.78 is 26.2. The largest absolute Gasteiger partial charge is 0.354 e. The lowest BCUT2D eigenvalue weighted by atomic mass is 10.2. The van der Waals surface area contributed by atoms with Gasteiger partial charge in [-0.1, -0.05) is 18.2 Å². The maximum absolute atomic E-state index is 12.5. The molecule has 0 amide bonds. The first-order chi connectivity index (χ1) is 11.9. The van der Waals surface area contributed by atoms with Crippen LogP contribution in [-0.4, -0.2) is 57.4 Å². The molecule has 0 aromatic heterocycles. The molecule has 2 rings (SSSR count). The second-order valence-electron chi connectivity index (χ2n) is 6.33. The smallest absolute Gasteiger partial charge is 0.242 e. The molecule has 0 saturated heterocycles. The van der Waals surface area contributed by atoms with Gasteiger partial charge in [-0.2, -0.15) is 11.8 Å². The van der Waals surface area contributed by atoms with Gasteiger partial charge >= 0.3 is 0 Å². The summed E-state index contributed by atoms with van der Waals surface area (Å²) in [5, 5.41) is 7.40. The van der Waals surface area contributed by atoms with Gasteiger partial charge in [0.25, 0.3) is 0 Å². The maximum atomic E-state index is 12.5. The van der Waals surface area contributed by atoms with Gasteiger partial charge in [-0.25, -0.2) is 12.7 Å². The molecule has 0 heterocycles. The van der Waals surface area contributed by atoms with E-state index in [1.807, 2.05) is 23.9 Å². The average Bonchev–Trinajstić information content (AvgIpc) is 3.06. The molecular formula is C17H28N4O2S2. The van der Waals surface area contributed by atoms with Crippen molar-refractivity contribution in [2.24, 2.45) is 4.99 Å². The van der Waals surface area contributed by atoms with Crippen LogP contribution in [0, 0.1) is 0 Å². The van der Waals surface area contributed by atoms with Gasteiger partial charge in [-0.05, 0) is 37.1 Å². The molecule has 1 aromatic carbocycles. The van der Waals surface area contributed by atoms with Gasteiger partial charge in [0, 0.05) is 39.0 Å². The van der Waals surface area contributed by atoms with Crippen molar-refractivity contribution < 1.29 is 8.42 Å². The Kier molecular flexibility index (Phi) is 7.15. The van der Waals surface area contributed by atoms with E-state index in [1.165, 1.54) is 10.7 Å². The molecule has 2 N–H and O–H groups in total. The molecule has 0 bridgehead atoms. The summed E-state index contributed by atoms with van der Waals surface area (Å²) in [6.07, 6.45) is 5.65. The number of benzene rings is 1. The molecule has 1 aromatic rings. The molecule has 6 nitrogen and oxygen atoms in total. The summed E-state index contributed by atoms with van der Waals surface area (Å²) in [5.74, 6) is 0.712. The molecule has 2 atom stereocenters. The zero-order valence-corrected chi connectivity index (χ0v) is 17.0. The second kappa shape index (κ2) is 8.91. The summed E-state index contributed by atoms with van der Waals surface area (Å²) in [5.41, 5.74) is 0.729. The number of sulfonamides is 1. The molecule has 1 saturated carbocycles. The fraction of sp³-hybridized carbons (Fsp3) is 0.588. The topological polar surface area (TPSA) is 73.8 Å². The van der Waals surface area contributed by atoms with E-state index in [1.54, 1.807) is 33.3 Å². The van der Waals surface area contributed by atoms with E-state index in [-0.39, 0.29) is 0 Å². The Hall–Kier alpha value is -1.25. The molecule has 1 aliphatic rings. The normalized spacial score (nSPS) is 21.6. The van der Waals surface area contributed by atoms with Gasteiger partial charge in [0.15, 0.2) is 5.96 Å². The second-order valence-corrected chi connectivity index (χ2v) is 9.59. The van der Waals surface area contributed by atoms with Crippen molar-refractivity contribution in [2.75, 3.05) is 27.4 Å². The number of thioether (sulfide) groups is 1. The van der Waals surface area contributed by atoms with Gasteiger partial charge < -0.3 is 10.6 Å². The molecule has 2 unspecified atom stereocenters. The highest BCUT2D eigenvalue weighted by atomic mass is 32.2. The van der Waals surface area contributed by atoms with E-state index in [0.29, 0.717) is 28.7 Å². The Balaban J connectivity index is 2.03. The van der Waals surface area contributed by atoms with Crippen LogP contribution in [0.3, 0.4) is 0 Å². The van der Waals surface area contributed by atoms with Crippen molar-refractivity contribution in [3.8, 4) is 0 Å². The van der Waals surface area contributed by atoms with Crippen molar-refractivity contribution >= 4 is 27.7 Å². The molecule has 8 heteroatoms. The lowest BCUT2D eigenvalue weighted by Crippen LogP contribution is -2.42. The van der Waals surface area contributed by atoms with Crippen LogP contribution in [0.1, 0.15) is 24.8 Å². The lowest BCUT2D eigenvalue weighted by molar-refractivity contribution is 0.519. The van der Waals surface area contributed by atoms with Crippen LogP contribution in [0.15, 0.2) is 34.2 Å². The number of hydrogen-bond acceptors (Lipinski definition) is 4. The highest BCUT2D eigenvalue weighted by Crippen LogP contribution is 2.28. The summed E-state index contributed by atoms with van der Waals surface area (Å²) in [6.45, 7) is 0.404. The minimum atomic E-state index is -3.46. The highest BCUT2D eigenvalue weighted by molar-refractivity contribution is 7.99. The lowest BCUT2D eigenvalue weighted by Gasteiger charge is -2.19. The van der Waals surface area contributed by atoms with E-state index < -0.39 is 10.0 Å². The van der Waals surface area contributed by atoms with Crippen LogP contribution in [0.4, 0.5) is 0 Å². The van der Waals surface area contributed by atoms with Crippen molar-refractivity contribution in [2.45, 2.75) is 42.0 Å². The van der Waals surface area contributed by atoms with Crippen LogP contribution >= 0.6 is 11.8 Å². The van der Waals surface area contributed by atoms with Crippen molar-refractivity contribution in [1.29, 1.82) is 0 Å². The molecule has 0 spiro atoms. The van der Waals surface area contributed by atoms with Gasteiger partial charge in [-0.15, -0.1) is 0 Å². The van der Waals surface area contributed by atoms with E-state index in [9.17, 15) is 8.42 Å². The van der Waals surface area contributed by atoms with E-state index >= 15 is 0 Å². The van der Waals surface area contributed by atoms with E-state index in [0.717, 1.165) is 18.4 Å². The fourth-order valence-corrected chi connectivity index (χ4v) is 4.86. The zero-order valence-electron chi connectivity index (χ0n) is 15.3. The first-order valence-electron chi connectivity index (χ1n) is 8.39. The van der Waals surface area contributed by atoms with E-state index in [4.69, 9.17) is 0 Å². The van der Waals surface area contributed by atoms with Gasteiger partial charge in [-0.3, -0.25) is 4.99 Å². The Labute approximate surface area is 155 Å². The number of aliphatic imine (C=N–C) groups is 1. The van der Waals surface area contributed by atoms with Crippen molar-refractivity contribution in [1.82, 2.24) is 14.9 Å². The minimum Gasteiger partial charge on any atom is -0.354 e. The molecule has 1 aliphatic carbocycles. The third-order valence-electron chi connectivity index (χ3n) is 4.46. The van der Waals surface area contributed by atoms with Crippen LogP contribution in [0.5, 0.6) is 0 Å². The third-order valence-corrected chi connectivity index (χ3v) is 7.47. The zero-order chi connectivity index (χ0) is 18.4. The Bertz CT molecular complexity index is 704. The first-order valence-corrected chi connectivity index (χ1v) is 11.1. The van der Waals surface area contributed by atoms with E-state index in [2.05, 4.69) is 21.9 Å². The van der Waals surface area contributed by atoms with Crippen LogP contribution in [-0.2, 0) is 16.6 Å². The number of guanidine groups is 1.